The van der Waals surface area contributed by atoms with Gasteiger partial charge < -0.3 is 19.9 Å². The number of nitrogens with one attached hydrogen (secondary N) is 1. The van der Waals surface area contributed by atoms with Gasteiger partial charge in [-0.05, 0) is 0 Å². The van der Waals surface area contributed by atoms with Crippen LogP contribution in [0.1, 0.15) is 0 Å². The largest absolute Gasteiger partial charge is 0.382 e. The molecule has 1 aromatic heterocycles. The number of halogens is 1. The van der Waals surface area contributed by atoms with E-state index in [0.717, 1.165) is 0 Å². The van der Waals surface area contributed by atoms with Crippen LogP contribution in [-0.4, -0.2) is 61.9 Å². The van der Waals surface area contributed by atoms with Gasteiger partial charge in [0.25, 0.3) is 5.95 Å². The molecule has 0 bridgehead atoms. The zero-order valence-corrected chi connectivity index (χ0v) is 11.9. The van der Waals surface area contributed by atoms with Crippen molar-refractivity contribution in [2.24, 2.45) is 0 Å². The smallest absolute Gasteiger partial charge is 0.268 e. The SMILES string of the molecule is COCCOCCOCCONc1nnc(Cl)c(N)n1. The molecular formula is C10H18ClN5O4. The van der Waals surface area contributed by atoms with Crippen LogP contribution in [0.15, 0.2) is 0 Å². The Morgan fingerprint density at radius 2 is 1.70 bits per heavy atom. The Morgan fingerprint density at radius 3 is 2.35 bits per heavy atom. The maximum Gasteiger partial charge on any atom is 0.268 e. The number of nitrogens with zero attached hydrogens (tertiary/aromatic N) is 3. The molecule has 1 heterocycles. The Kier molecular flexibility index (Phi) is 8.83. The van der Waals surface area contributed by atoms with E-state index < -0.39 is 0 Å². The molecule has 0 saturated carbocycles. The highest BCUT2D eigenvalue weighted by atomic mass is 35.5. The summed E-state index contributed by atoms with van der Waals surface area (Å²) in [6, 6.07) is 0. The molecule has 3 N–H and O–H groups in total. The average molecular weight is 308 g/mol. The number of anilines is 2. The third kappa shape index (κ3) is 7.36. The van der Waals surface area contributed by atoms with Gasteiger partial charge in [-0.3, -0.25) is 4.84 Å². The Morgan fingerprint density at radius 1 is 1.05 bits per heavy atom. The van der Waals surface area contributed by atoms with Crippen LogP contribution in [0.5, 0.6) is 0 Å². The third-order valence-corrected chi connectivity index (χ3v) is 2.24. The normalized spacial score (nSPS) is 10.7. The number of methoxy groups -OCH3 is 1. The Bertz CT molecular complexity index is 385. The average Bonchev–Trinajstić information content (AvgIpc) is 2.45. The molecule has 0 fully saturated rings. The van der Waals surface area contributed by atoms with Gasteiger partial charge >= 0.3 is 0 Å². The maximum atomic E-state index is 5.58. The standard InChI is InChI=1S/C10H18ClN5O4/c1-17-2-3-18-4-5-19-6-7-20-16-10-13-9(12)8(11)14-15-10/h2-7H2,1H3,(H3,12,13,15,16). The lowest BCUT2D eigenvalue weighted by atomic mass is 10.7. The summed E-state index contributed by atoms with van der Waals surface area (Å²) >= 11 is 5.58. The van der Waals surface area contributed by atoms with Gasteiger partial charge in [-0.2, -0.15) is 4.98 Å². The zero-order chi connectivity index (χ0) is 14.6. The molecule has 0 amide bonds. The summed E-state index contributed by atoms with van der Waals surface area (Å²) < 4.78 is 15.3. The van der Waals surface area contributed by atoms with Crippen molar-refractivity contribution in [1.29, 1.82) is 0 Å². The number of nitrogens with two attached hydrogens (primary N) is 1. The number of hydrogen-bond acceptors (Lipinski definition) is 9. The summed E-state index contributed by atoms with van der Waals surface area (Å²) in [6.07, 6.45) is 0. The maximum absolute atomic E-state index is 5.58. The first kappa shape index (κ1) is 16.8. The molecule has 0 aromatic carbocycles. The molecule has 0 unspecified atom stereocenters. The number of aromatic nitrogens is 3. The van der Waals surface area contributed by atoms with E-state index in [1.54, 1.807) is 7.11 Å². The summed E-state index contributed by atoms with van der Waals surface area (Å²) in [6.45, 7) is 2.84. The topological polar surface area (TPSA) is 114 Å². The molecule has 114 valence electrons. The van der Waals surface area contributed by atoms with Crippen LogP contribution in [0, 0.1) is 0 Å². The van der Waals surface area contributed by atoms with Crippen molar-refractivity contribution < 1.29 is 19.0 Å². The van der Waals surface area contributed by atoms with E-state index in [4.69, 9.17) is 36.4 Å². The molecule has 0 atom stereocenters. The van der Waals surface area contributed by atoms with Gasteiger partial charge in [0.1, 0.15) is 0 Å². The van der Waals surface area contributed by atoms with E-state index in [1.807, 2.05) is 0 Å². The van der Waals surface area contributed by atoms with Crippen molar-refractivity contribution in [3.8, 4) is 0 Å². The second-order valence-corrected chi connectivity index (χ2v) is 3.84. The van der Waals surface area contributed by atoms with Crippen molar-refractivity contribution in [3.63, 3.8) is 0 Å². The second-order valence-electron chi connectivity index (χ2n) is 3.48. The Hall–Kier alpha value is -1.26. The molecular weight excluding hydrogens is 290 g/mol. The molecule has 0 aliphatic carbocycles. The van der Waals surface area contributed by atoms with E-state index in [2.05, 4.69) is 20.7 Å². The van der Waals surface area contributed by atoms with Crippen LogP contribution in [0.3, 0.4) is 0 Å². The van der Waals surface area contributed by atoms with Crippen molar-refractivity contribution in [2.45, 2.75) is 0 Å². The van der Waals surface area contributed by atoms with Crippen LogP contribution in [-0.2, 0) is 19.0 Å². The van der Waals surface area contributed by atoms with E-state index >= 15 is 0 Å². The van der Waals surface area contributed by atoms with Gasteiger partial charge in [0.15, 0.2) is 11.0 Å². The van der Waals surface area contributed by atoms with Crippen LogP contribution >= 0.6 is 11.6 Å². The molecule has 0 aliphatic heterocycles. The van der Waals surface area contributed by atoms with E-state index in [0.29, 0.717) is 39.6 Å². The molecule has 20 heavy (non-hydrogen) atoms. The minimum atomic E-state index is 0.0485. The predicted octanol–water partition coefficient (Wildman–Crippen LogP) is 0.130. The molecule has 9 nitrogen and oxygen atoms in total. The van der Waals surface area contributed by atoms with Crippen molar-refractivity contribution >= 4 is 23.4 Å². The number of hydrogen-bond donors (Lipinski definition) is 2. The number of nitrogen functional groups attached to an aromatic ring is 1. The molecule has 0 saturated heterocycles. The van der Waals surface area contributed by atoms with Gasteiger partial charge in [0.2, 0.25) is 0 Å². The van der Waals surface area contributed by atoms with Gasteiger partial charge in [-0.25, -0.2) is 5.48 Å². The first-order chi connectivity index (χ1) is 9.74. The Balaban J connectivity index is 1.95. The van der Waals surface area contributed by atoms with Gasteiger partial charge in [-0.15, -0.1) is 10.2 Å². The lowest BCUT2D eigenvalue weighted by molar-refractivity contribution is 0.0101. The minimum absolute atomic E-state index is 0.0485. The molecule has 1 aromatic rings. The molecule has 1 rings (SSSR count). The lowest BCUT2D eigenvalue weighted by Gasteiger charge is -2.07. The summed E-state index contributed by atoms with van der Waals surface area (Å²) in [4.78, 5) is 8.87. The van der Waals surface area contributed by atoms with Crippen LogP contribution in [0.4, 0.5) is 11.8 Å². The second kappa shape index (κ2) is 10.5. The summed E-state index contributed by atoms with van der Waals surface area (Å²) in [5.74, 6) is 0.215. The fourth-order valence-electron chi connectivity index (χ4n) is 1.05. The quantitative estimate of drug-likeness (QED) is 0.435. The van der Waals surface area contributed by atoms with Gasteiger partial charge in [0.05, 0.1) is 39.6 Å². The van der Waals surface area contributed by atoms with Crippen LogP contribution in [0.2, 0.25) is 5.15 Å². The highest BCUT2D eigenvalue weighted by Crippen LogP contribution is 2.11. The lowest BCUT2D eigenvalue weighted by Crippen LogP contribution is -2.14. The number of ether oxygens (including phenoxy) is 3. The molecule has 0 aliphatic rings. The fraction of sp³-hybridized carbons (Fsp3) is 0.700. The third-order valence-electron chi connectivity index (χ3n) is 1.97. The zero-order valence-electron chi connectivity index (χ0n) is 11.2. The van der Waals surface area contributed by atoms with Crippen molar-refractivity contribution in [1.82, 2.24) is 15.2 Å². The van der Waals surface area contributed by atoms with E-state index in [-0.39, 0.29) is 16.9 Å². The summed E-state index contributed by atoms with van der Waals surface area (Å²) in [5, 5.41) is 7.25. The highest BCUT2D eigenvalue weighted by molar-refractivity contribution is 6.31. The first-order valence-corrected chi connectivity index (χ1v) is 6.29. The summed E-state index contributed by atoms with van der Waals surface area (Å²) in [5.41, 5.74) is 7.93. The van der Waals surface area contributed by atoms with Crippen LogP contribution < -0.4 is 11.2 Å². The van der Waals surface area contributed by atoms with Crippen molar-refractivity contribution in [3.05, 3.63) is 5.15 Å². The monoisotopic (exact) mass is 307 g/mol. The number of rotatable bonds is 11. The summed E-state index contributed by atoms with van der Waals surface area (Å²) in [7, 11) is 1.62. The minimum Gasteiger partial charge on any atom is -0.382 e. The van der Waals surface area contributed by atoms with Gasteiger partial charge in [0, 0.05) is 7.11 Å². The molecule has 10 heteroatoms. The Labute approximate surface area is 121 Å². The van der Waals surface area contributed by atoms with Crippen LogP contribution in [0.25, 0.3) is 0 Å². The fourth-order valence-corrected chi connectivity index (χ4v) is 1.13. The van der Waals surface area contributed by atoms with E-state index in [9.17, 15) is 0 Å². The van der Waals surface area contributed by atoms with E-state index in [1.165, 1.54) is 0 Å². The molecule has 0 spiro atoms. The first-order valence-electron chi connectivity index (χ1n) is 5.92. The van der Waals surface area contributed by atoms with Gasteiger partial charge in [-0.1, -0.05) is 11.6 Å². The molecule has 0 radical (unpaired) electrons. The highest BCUT2D eigenvalue weighted by Gasteiger charge is 2.02. The predicted molar refractivity (Wildman–Crippen MR) is 72.3 cm³/mol. The van der Waals surface area contributed by atoms with Crippen molar-refractivity contribution in [2.75, 3.05) is 58.0 Å².